The van der Waals surface area contributed by atoms with Crippen LogP contribution in [0.1, 0.15) is 44.9 Å². The Labute approximate surface area is 135 Å². The molecule has 3 rings (SSSR count). The fourth-order valence-electron chi connectivity index (χ4n) is 4.17. The molecule has 0 saturated carbocycles. The summed E-state index contributed by atoms with van der Waals surface area (Å²) >= 11 is 0. The Balaban J connectivity index is 0.00000176. The lowest BCUT2D eigenvalue weighted by Gasteiger charge is -2.35. The van der Waals surface area contributed by atoms with E-state index in [1.807, 2.05) is 0 Å². The largest absolute Gasteiger partial charge is 0.391 e. The van der Waals surface area contributed by atoms with E-state index in [4.69, 9.17) is 0 Å². The molecule has 0 spiro atoms. The van der Waals surface area contributed by atoms with Gasteiger partial charge in [0.15, 0.2) is 0 Å². The second kappa shape index (κ2) is 6.95. The number of halogens is 4. The molecule has 2 unspecified atom stereocenters. The van der Waals surface area contributed by atoms with Crippen molar-refractivity contribution in [3.05, 3.63) is 0 Å². The Bertz CT molecular complexity index is 385. The van der Waals surface area contributed by atoms with Gasteiger partial charge < -0.3 is 10.2 Å². The molecular weight excluding hydrogens is 317 g/mol. The van der Waals surface area contributed by atoms with E-state index >= 15 is 0 Å². The van der Waals surface area contributed by atoms with E-state index < -0.39 is 12.1 Å². The van der Waals surface area contributed by atoms with Crippen LogP contribution < -0.4 is 5.32 Å². The Morgan fingerprint density at radius 3 is 2.09 bits per heavy atom. The molecule has 0 aliphatic carbocycles. The van der Waals surface area contributed by atoms with Crippen molar-refractivity contribution in [1.82, 2.24) is 10.2 Å². The Hall–Kier alpha value is -0.490. The lowest BCUT2D eigenvalue weighted by molar-refractivity contribution is -0.186. The molecule has 22 heavy (non-hydrogen) atoms. The molecule has 3 nitrogen and oxygen atoms in total. The zero-order chi connectivity index (χ0) is 15.0. The third-order valence-electron chi connectivity index (χ3n) is 5.34. The zero-order valence-corrected chi connectivity index (χ0v) is 13.4. The van der Waals surface area contributed by atoms with Gasteiger partial charge in [0, 0.05) is 31.6 Å². The van der Waals surface area contributed by atoms with Gasteiger partial charge in [-0.1, -0.05) is 0 Å². The van der Waals surface area contributed by atoms with Crippen molar-refractivity contribution in [3.63, 3.8) is 0 Å². The first kappa shape index (κ1) is 17.9. The molecule has 3 aliphatic heterocycles. The first-order chi connectivity index (χ1) is 9.91. The topological polar surface area (TPSA) is 32.3 Å². The molecule has 0 aromatic carbocycles. The van der Waals surface area contributed by atoms with Crippen LogP contribution in [0.2, 0.25) is 0 Å². The predicted octanol–water partition coefficient (Wildman–Crippen LogP) is 3.13. The average Bonchev–Trinajstić information content (AvgIpc) is 2.77. The lowest BCUT2D eigenvalue weighted by atomic mass is 9.88. The van der Waals surface area contributed by atoms with Crippen LogP contribution in [0.5, 0.6) is 0 Å². The van der Waals surface area contributed by atoms with Gasteiger partial charge in [-0.2, -0.15) is 13.2 Å². The SMILES string of the molecule is Cl.O=C(CC1CC2CCC(C1)N2)N1CCC(C(F)(F)F)CC1. The fourth-order valence-corrected chi connectivity index (χ4v) is 4.17. The molecule has 128 valence electrons. The molecule has 0 aromatic heterocycles. The van der Waals surface area contributed by atoms with Crippen LogP contribution in [-0.4, -0.2) is 42.2 Å². The number of nitrogens with zero attached hydrogens (tertiary/aromatic N) is 1. The minimum Gasteiger partial charge on any atom is -0.343 e. The normalized spacial score (nSPS) is 32.7. The molecule has 0 aromatic rings. The number of piperidine rings is 2. The fraction of sp³-hybridized carbons (Fsp3) is 0.933. The summed E-state index contributed by atoms with van der Waals surface area (Å²) in [6.45, 7) is 0.529. The number of hydrogen-bond donors (Lipinski definition) is 1. The summed E-state index contributed by atoms with van der Waals surface area (Å²) in [5.74, 6) is -0.755. The highest BCUT2D eigenvalue weighted by molar-refractivity contribution is 5.85. The van der Waals surface area contributed by atoms with Crippen LogP contribution in [0, 0.1) is 11.8 Å². The predicted molar refractivity (Wildman–Crippen MR) is 79.9 cm³/mol. The summed E-state index contributed by atoms with van der Waals surface area (Å²) in [4.78, 5) is 13.9. The van der Waals surface area contributed by atoms with Crippen molar-refractivity contribution in [2.45, 2.75) is 63.2 Å². The second-order valence-corrected chi connectivity index (χ2v) is 6.88. The Morgan fingerprint density at radius 1 is 1.05 bits per heavy atom. The van der Waals surface area contributed by atoms with E-state index in [0.29, 0.717) is 24.4 Å². The molecule has 3 saturated heterocycles. The molecule has 3 aliphatic rings. The third kappa shape index (κ3) is 4.07. The van der Waals surface area contributed by atoms with E-state index in [0.717, 1.165) is 12.8 Å². The Morgan fingerprint density at radius 2 is 1.59 bits per heavy atom. The molecular formula is C15H24ClF3N2O. The molecule has 1 N–H and O–H groups in total. The number of nitrogens with one attached hydrogen (secondary N) is 1. The number of carbonyl (C=O) groups excluding carboxylic acids is 1. The summed E-state index contributed by atoms with van der Waals surface area (Å²) in [7, 11) is 0. The number of hydrogen-bond acceptors (Lipinski definition) is 2. The minimum absolute atomic E-state index is 0. The molecule has 3 heterocycles. The summed E-state index contributed by atoms with van der Waals surface area (Å²) in [6, 6.07) is 1.11. The van der Waals surface area contributed by atoms with Crippen LogP contribution in [0.15, 0.2) is 0 Å². The first-order valence-electron chi connectivity index (χ1n) is 8.02. The second-order valence-electron chi connectivity index (χ2n) is 6.88. The van der Waals surface area contributed by atoms with Gasteiger partial charge in [-0.15, -0.1) is 12.4 Å². The summed E-state index contributed by atoms with van der Waals surface area (Å²) in [6.07, 6.45) is 1.02. The highest BCUT2D eigenvalue weighted by Gasteiger charge is 2.42. The maximum Gasteiger partial charge on any atom is 0.391 e. The van der Waals surface area contributed by atoms with E-state index in [1.165, 1.54) is 12.8 Å². The highest BCUT2D eigenvalue weighted by Crippen LogP contribution is 2.36. The summed E-state index contributed by atoms with van der Waals surface area (Å²) in [5.41, 5.74) is 0. The van der Waals surface area contributed by atoms with Gasteiger partial charge >= 0.3 is 6.18 Å². The maximum atomic E-state index is 12.6. The summed E-state index contributed by atoms with van der Waals surface area (Å²) in [5, 5.41) is 3.55. The van der Waals surface area contributed by atoms with Gasteiger partial charge in [0.05, 0.1) is 5.92 Å². The van der Waals surface area contributed by atoms with Crippen LogP contribution in [0.4, 0.5) is 13.2 Å². The zero-order valence-electron chi connectivity index (χ0n) is 12.6. The van der Waals surface area contributed by atoms with Crippen LogP contribution >= 0.6 is 12.4 Å². The third-order valence-corrected chi connectivity index (χ3v) is 5.34. The monoisotopic (exact) mass is 340 g/mol. The van der Waals surface area contributed by atoms with Gasteiger partial charge in [0.25, 0.3) is 0 Å². The van der Waals surface area contributed by atoms with Crippen LogP contribution in [0.25, 0.3) is 0 Å². The molecule has 3 fully saturated rings. The number of carbonyl (C=O) groups is 1. The molecule has 2 atom stereocenters. The number of fused-ring (bicyclic) bond motifs is 2. The van der Waals surface area contributed by atoms with Crippen molar-refractivity contribution >= 4 is 18.3 Å². The van der Waals surface area contributed by atoms with Gasteiger partial charge in [0.2, 0.25) is 5.91 Å². The van der Waals surface area contributed by atoms with Gasteiger partial charge in [-0.25, -0.2) is 0 Å². The molecule has 1 amide bonds. The number of amides is 1. The quantitative estimate of drug-likeness (QED) is 0.837. The maximum absolute atomic E-state index is 12.6. The van der Waals surface area contributed by atoms with Crippen LogP contribution in [0.3, 0.4) is 0 Å². The standard InChI is InChI=1S/C15H23F3N2O.ClH/c16-15(17,18)11-3-5-20(6-4-11)14(21)9-10-7-12-1-2-13(8-10)19-12;/h10-13,19H,1-9H2;1H. The number of alkyl halides is 3. The molecule has 7 heteroatoms. The number of rotatable bonds is 2. The van der Waals surface area contributed by atoms with E-state index in [2.05, 4.69) is 5.32 Å². The van der Waals surface area contributed by atoms with Crippen molar-refractivity contribution < 1.29 is 18.0 Å². The van der Waals surface area contributed by atoms with Crippen molar-refractivity contribution in [1.29, 1.82) is 0 Å². The first-order valence-corrected chi connectivity index (χ1v) is 8.02. The summed E-state index contributed by atoms with van der Waals surface area (Å²) < 4.78 is 37.9. The smallest absolute Gasteiger partial charge is 0.343 e. The van der Waals surface area contributed by atoms with Crippen molar-refractivity contribution in [2.24, 2.45) is 11.8 Å². The van der Waals surface area contributed by atoms with E-state index in [9.17, 15) is 18.0 Å². The number of likely N-dealkylation sites (tertiary alicyclic amines) is 1. The van der Waals surface area contributed by atoms with Gasteiger partial charge in [-0.3, -0.25) is 4.79 Å². The van der Waals surface area contributed by atoms with E-state index in [1.54, 1.807) is 4.90 Å². The Kier molecular flexibility index (Phi) is 5.64. The minimum atomic E-state index is -4.11. The lowest BCUT2D eigenvalue weighted by Crippen LogP contribution is -2.44. The van der Waals surface area contributed by atoms with Gasteiger partial charge in [0.1, 0.15) is 0 Å². The molecule has 0 radical (unpaired) electrons. The van der Waals surface area contributed by atoms with Crippen LogP contribution in [-0.2, 0) is 4.79 Å². The average molecular weight is 341 g/mol. The van der Waals surface area contributed by atoms with E-state index in [-0.39, 0.29) is 44.2 Å². The van der Waals surface area contributed by atoms with Crippen molar-refractivity contribution in [2.75, 3.05) is 13.1 Å². The van der Waals surface area contributed by atoms with Gasteiger partial charge in [-0.05, 0) is 44.4 Å². The highest BCUT2D eigenvalue weighted by atomic mass is 35.5. The van der Waals surface area contributed by atoms with Crippen molar-refractivity contribution in [3.8, 4) is 0 Å². The molecule has 2 bridgehead atoms.